The molecule has 0 bridgehead atoms. The van der Waals surface area contributed by atoms with Crippen LogP contribution in [0, 0.1) is 0 Å². The van der Waals surface area contributed by atoms with Crippen LogP contribution in [0.3, 0.4) is 0 Å². The van der Waals surface area contributed by atoms with Gasteiger partial charge >= 0.3 is 0 Å². The van der Waals surface area contributed by atoms with Crippen LogP contribution < -0.4 is 10.6 Å². The number of aliphatic hydroxyl groups is 1. The molecule has 5 heteroatoms. The maximum Gasteiger partial charge on any atom is 0.221 e. The largest absolute Gasteiger partial charge is 0.389 e. The number of carbonyl (C=O) groups excluding carboxylic acids is 1. The summed E-state index contributed by atoms with van der Waals surface area (Å²) >= 11 is 0. The lowest BCUT2D eigenvalue weighted by molar-refractivity contribution is -0.121. The maximum absolute atomic E-state index is 11.3. The molecule has 0 fully saturated rings. The van der Waals surface area contributed by atoms with Crippen LogP contribution >= 0.6 is 0 Å². The quantitative estimate of drug-likeness (QED) is 0.533. The van der Waals surface area contributed by atoms with Crippen molar-refractivity contribution in [2.45, 2.75) is 52.2 Å². The fourth-order valence-corrected chi connectivity index (χ4v) is 1.23. The average Bonchev–Trinajstić information content (AvgIpc) is 2.28. The Morgan fingerprint density at radius 1 is 1.33 bits per heavy atom. The van der Waals surface area contributed by atoms with Gasteiger partial charge < -0.3 is 20.5 Å². The van der Waals surface area contributed by atoms with E-state index in [-0.39, 0.29) is 11.5 Å². The van der Waals surface area contributed by atoms with Gasteiger partial charge in [0.25, 0.3) is 0 Å². The molecule has 0 aliphatic carbocycles. The molecular formula is C13H28N2O3. The van der Waals surface area contributed by atoms with Crippen molar-refractivity contribution in [3.05, 3.63) is 0 Å². The Kier molecular flexibility index (Phi) is 8.97. The van der Waals surface area contributed by atoms with Gasteiger partial charge in [-0.15, -0.1) is 0 Å². The van der Waals surface area contributed by atoms with Crippen LogP contribution in [0.25, 0.3) is 0 Å². The monoisotopic (exact) mass is 260 g/mol. The molecule has 1 unspecified atom stereocenters. The van der Waals surface area contributed by atoms with Gasteiger partial charge in [0.1, 0.15) is 0 Å². The molecule has 0 rings (SSSR count). The number of aliphatic hydroxyl groups excluding tert-OH is 1. The predicted molar refractivity (Wildman–Crippen MR) is 72.5 cm³/mol. The minimum atomic E-state index is -0.539. The standard InChI is InChI=1S/C13H28N2O3/c1-5-7-15-12(17)6-8-14-9-11(16)10-18-13(2,3)4/h11,14,16H,5-10H2,1-4H3,(H,15,17). The molecule has 0 saturated carbocycles. The second-order valence-corrected chi connectivity index (χ2v) is 5.38. The molecule has 108 valence electrons. The molecule has 1 amide bonds. The van der Waals surface area contributed by atoms with Crippen molar-refractivity contribution >= 4 is 5.91 Å². The van der Waals surface area contributed by atoms with Gasteiger partial charge in [0.15, 0.2) is 0 Å². The zero-order chi connectivity index (χ0) is 14.0. The van der Waals surface area contributed by atoms with Crippen LogP contribution in [0.5, 0.6) is 0 Å². The van der Waals surface area contributed by atoms with E-state index in [2.05, 4.69) is 10.6 Å². The SMILES string of the molecule is CCCNC(=O)CCNCC(O)COC(C)(C)C. The van der Waals surface area contributed by atoms with Crippen molar-refractivity contribution < 1.29 is 14.6 Å². The molecule has 0 aliphatic rings. The minimum absolute atomic E-state index is 0.0461. The molecule has 0 aliphatic heterocycles. The van der Waals surface area contributed by atoms with Crippen LogP contribution in [0.15, 0.2) is 0 Å². The minimum Gasteiger partial charge on any atom is -0.389 e. The zero-order valence-electron chi connectivity index (χ0n) is 12.1. The topological polar surface area (TPSA) is 70.6 Å². The van der Waals surface area contributed by atoms with E-state index in [9.17, 15) is 9.90 Å². The summed E-state index contributed by atoms with van der Waals surface area (Å²) < 4.78 is 5.45. The summed E-state index contributed by atoms with van der Waals surface area (Å²) in [7, 11) is 0. The van der Waals surface area contributed by atoms with Gasteiger partial charge in [0.05, 0.1) is 18.3 Å². The number of hydrogen-bond acceptors (Lipinski definition) is 4. The van der Waals surface area contributed by atoms with Crippen LogP contribution in [-0.4, -0.2) is 49.0 Å². The molecule has 0 aromatic heterocycles. The fourth-order valence-electron chi connectivity index (χ4n) is 1.23. The number of carbonyl (C=O) groups is 1. The van der Waals surface area contributed by atoms with Gasteiger partial charge in [-0.3, -0.25) is 4.79 Å². The first-order valence-corrected chi connectivity index (χ1v) is 6.64. The summed E-state index contributed by atoms with van der Waals surface area (Å²) in [5, 5.41) is 15.5. The maximum atomic E-state index is 11.3. The molecule has 1 atom stereocenters. The summed E-state index contributed by atoms with van der Waals surface area (Å²) in [5.41, 5.74) is -0.235. The Bertz CT molecular complexity index is 227. The highest BCUT2D eigenvalue weighted by atomic mass is 16.5. The molecule has 0 heterocycles. The predicted octanol–water partition coefficient (Wildman–Crippen LogP) is 0.668. The van der Waals surface area contributed by atoms with Gasteiger partial charge in [-0.25, -0.2) is 0 Å². The normalized spacial score (nSPS) is 13.4. The van der Waals surface area contributed by atoms with E-state index in [1.54, 1.807) is 0 Å². The van der Waals surface area contributed by atoms with Crippen molar-refractivity contribution in [1.29, 1.82) is 0 Å². The van der Waals surface area contributed by atoms with E-state index in [0.29, 0.717) is 26.1 Å². The van der Waals surface area contributed by atoms with E-state index in [1.165, 1.54) is 0 Å². The Hall–Kier alpha value is -0.650. The number of amides is 1. The average molecular weight is 260 g/mol. The molecule has 0 saturated heterocycles. The Labute approximate surface area is 110 Å². The van der Waals surface area contributed by atoms with Crippen molar-refractivity contribution in [2.24, 2.45) is 0 Å². The smallest absolute Gasteiger partial charge is 0.221 e. The fraction of sp³-hybridized carbons (Fsp3) is 0.923. The van der Waals surface area contributed by atoms with Crippen LogP contribution in [0.2, 0.25) is 0 Å². The highest BCUT2D eigenvalue weighted by molar-refractivity contribution is 5.75. The lowest BCUT2D eigenvalue weighted by atomic mass is 10.2. The van der Waals surface area contributed by atoms with Crippen LogP contribution in [0.4, 0.5) is 0 Å². The van der Waals surface area contributed by atoms with Crippen LogP contribution in [-0.2, 0) is 9.53 Å². The molecule has 0 radical (unpaired) electrons. The van der Waals surface area contributed by atoms with Gasteiger partial charge in [0, 0.05) is 26.1 Å². The first-order chi connectivity index (χ1) is 8.35. The number of rotatable bonds is 9. The van der Waals surface area contributed by atoms with E-state index in [1.807, 2.05) is 27.7 Å². The molecule has 18 heavy (non-hydrogen) atoms. The second kappa shape index (κ2) is 9.30. The summed E-state index contributed by atoms with van der Waals surface area (Å²) in [5.74, 6) is 0.0461. The Balaban J connectivity index is 3.45. The zero-order valence-corrected chi connectivity index (χ0v) is 12.1. The third-order valence-electron chi connectivity index (χ3n) is 2.19. The van der Waals surface area contributed by atoms with Crippen molar-refractivity contribution in [3.8, 4) is 0 Å². The van der Waals surface area contributed by atoms with Crippen molar-refractivity contribution in [1.82, 2.24) is 10.6 Å². The Morgan fingerprint density at radius 2 is 2.00 bits per heavy atom. The van der Waals surface area contributed by atoms with Crippen LogP contribution in [0.1, 0.15) is 40.5 Å². The van der Waals surface area contributed by atoms with Crippen molar-refractivity contribution in [2.75, 3.05) is 26.2 Å². The molecule has 0 aromatic rings. The summed E-state index contributed by atoms with van der Waals surface area (Å²) in [6, 6.07) is 0. The van der Waals surface area contributed by atoms with Crippen molar-refractivity contribution in [3.63, 3.8) is 0 Å². The summed E-state index contributed by atoms with van der Waals surface area (Å²) in [6.07, 6.45) is 0.845. The molecule has 0 spiro atoms. The van der Waals surface area contributed by atoms with Gasteiger partial charge in [-0.2, -0.15) is 0 Å². The lowest BCUT2D eigenvalue weighted by Gasteiger charge is -2.22. The van der Waals surface area contributed by atoms with Gasteiger partial charge in [0.2, 0.25) is 5.91 Å². The summed E-state index contributed by atoms with van der Waals surface area (Å²) in [6.45, 7) is 9.91. The number of hydrogen-bond donors (Lipinski definition) is 3. The first-order valence-electron chi connectivity index (χ1n) is 6.64. The van der Waals surface area contributed by atoms with E-state index in [4.69, 9.17) is 4.74 Å². The van der Waals surface area contributed by atoms with Gasteiger partial charge in [-0.1, -0.05) is 6.92 Å². The molecule has 0 aromatic carbocycles. The first kappa shape index (κ1) is 17.4. The summed E-state index contributed by atoms with van der Waals surface area (Å²) in [4.78, 5) is 11.3. The van der Waals surface area contributed by atoms with Gasteiger partial charge in [-0.05, 0) is 27.2 Å². The van der Waals surface area contributed by atoms with E-state index >= 15 is 0 Å². The third kappa shape index (κ3) is 11.8. The third-order valence-corrected chi connectivity index (χ3v) is 2.19. The Morgan fingerprint density at radius 3 is 2.56 bits per heavy atom. The molecule has 3 N–H and O–H groups in total. The lowest BCUT2D eigenvalue weighted by Crippen LogP contribution is -2.35. The highest BCUT2D eigenvalue weighted by Crippen LogP contribution is 2.06. The number of nitrogens with one attached hydrogen (secondary N) is 2. The number of ether oxygens (including phenoxy) is 1. The van der Waals surface area contributed by atoms with E-state index < -0.39 is 6.10 Å². The second-order valence-electron chi connectivity index (χ2n) is 5.38. The van der Waals surface area contributed by atoms with E-state index in [0.717, 1.165) is 13.0 Å². The molecular weight excluding hydrogens is 232 g/mol. The molecule has 5 nitrogen and oxygen atoms in total. The highest BCUT2D eigenvalue weighted by Gasteiger charge is 2.13.